The van der Waals surface area contributed by atoms with Crippen LogP contribution in [0.25, 0.3) is 0 Å². The number of ether oxygens (including phenoxy) is 1. The van der Waals surface area contributed by atoms with Gasteiger partial charge in [-0.1, -0.05) is 32.1 Å². The Balaban J connectivity index is 1.82. The maximum atomic E-state index is 10.3. The van der Waals surface area contributed by atoms with Gasteiger partial charge in [-0.25, -0.2) is 0 Å². The molecule has 0 bridgehead atoms. The molecule has 0 atom stereocenters. The summed E-state index contributed by atoms with van der Waals surface area (Å²) in [4.78, 5) is 10.3. The largest absolute Gasteiger partial charge is 0.481 e. The van der Waals surface area contributed by atoms with Crippen LogP contribution in [0.5, 0.6) is 0 Å². The highest BCUT2D eigenvalue weighted by Crippen LogP contribution is 2.44. The number of hydrogen-bond donors (Lipinski definition) is 3. The Labute approximate surface area is 129 Å². The van der Waals surface area contributed by atoms with Gasteiger partial charge in [0.1, 0.15) is 0 Å². The van der Waals surface area contributed by atoms with Gasteiger partial charge in [0.05, 0.1) is 6.10 Å². The minimum absolute atomic E-state index is 0.209. The summed E-state index contributed by atoms with van der Waals surface area (Å²) in [6.07, 6.45) is 9.53. The van der Waals surface area contributed by atoms with E-state index in [4.69, 9.17) is 9.84 Å². The molecule has 0 spiro atoms. The number of carbonyl (C=O) groups is 1. The van der Waals surface area contributed by atoms with Crippen molar-refractivity contribution in [1.82, 2.24) is 0 Å². The van der Waals surface area contributed by atoms with Crippen LogP contribution in [-0.4, -0.2) is 44.4 Å². The number of carboxylic acids is 1. The van der Waals surface area contributed by atoms with E-state index in [1.54, 1.807) is 0 Å². The lowest BCUT2D eigenvalue weighted by Crippen LogP contribution is -2.26. The molecule has 1 rings (SSSR count). The second-order valence-electron chi connectivity index (χ2n) is 5.90. The Kier molecular flexibility index (Phi) is 9.31. The second-order valence-corrected chi connectivity index (χ2v) is 8.32. The maximum Gasteiger partial charge on any atom is 0.303 e. The van der Waals surface area contributed by atoms with Crippen LogP contribution in [0.2, 0.25) is 0 Å². The third-order valence-corrected chi connectivity index (χ3v) is 5.70. The first kappa shape index (κ1) is 18.7. The van der Waals surface area contributed by atoms with Gasteiger partial charge >= 0.3 is 5.97 Å². The molecule has 1 heterocycles. The third kappa shape index (κ3) is 10.1. The number of unbranched alkanes of at least 4 members (excludes halogenated alkanes) is 6. The average Bonchev–Trinajstić information content (AvgIpc) is 2.42. The monoisotopic (exact) mass is 322 g/mol. The summed E-state index contributed by atoms with van der Waals surface area (Å²) in [7, 11) is -2.29. The molecular formula is C15H30O5S. The molecule has 6 heteroatoms. The summed E-state index contributed by atoms with van der Waals surface area (Å²) in [5.41, 5.74) is 0. The molecule has 0 unspecified atom stereocenters. The second kappa shape index (κ2) is 10.4. The zero-order chi connectivity index (χ0) is 15.6. The van der Waals surface area contributed by atoms with Gasteiger partial charge in [-0.3, -0.25) is 13.9 Å². The third-order valence-electron chi connectivity index (χ3n) is 3.92. The summed E-state index contributed by atoms with van der Waals surface area (Å²) in [5.74, 6) is 0.290. The quantitative estimate of drug-likeness (QED) is 0.498. The van der Waals surface area contributed by atoms with Crippen LogP contribution < -0.4 is 0 Å². The molecule has 126 valence electrons. The number of rotatable bonds is 11. The predicted molar refractivity (Wildman–Crippen MR) is 86.1 cm³/mol. The summed E-state index contributed by atoms with van der Waals surface area (Å²) < 4.78 is 24.8. The fourth-order valence-corrected chi connectivity index (χ4v) is 4.05. The number of carboxylic acid groups (broad SMARTS) is 1. The van der Waals surface area contributed by atoms with Crippen molar-refractivity contribution < 1.29 is 23.7 Å². The van der Waals surface area contributed by atoms with Crippen molar-refractivity contribution in [2.24, 2.45) is 0 Å². The van der Waals surface area contributed by atoms with Gasteiger partial charge in [0.2, 0.25) is 0 Å². The van der Waals surface area contributed by atoms with Crippen LogP contribution in [0.4, 0.5) is 0 Å². The minimum atomic E-state index is -2.29. The molecular weight excluding hydrogens is 292 g/mol. The fourth-order valence-electron chi connectivity index (χ4n) is 2.57. The van der Waals surface area contributed by atoms with E-state index in [1.165, 1.54) is 12.8 Å². The molecule has 0 amide bonds. The lowest BCUT2D eigenvalue weighted by molar-refractivity contribution is -0.137. The van der Waals surface area contributed by atoms with E-state index in [-0.39, 0.29) is 6.10 Å². The molecule has 5 nitrogen and oxygen atoms in total. The van der Waals surface area contributed by atoms with E-state index in [0.29, 0.717) is 17.9 Å². The Morgan fingerprint density at radius 1 is 0.952 bits per heavy atom. The van der Waals surface area contributed by atoms with Crippen LogP contribution in [0.15, 0.2) is 0 Å². The summed E-state index contributed by atoms with van der Waals surface area (Å²) >= 11 is 0. The van der Waals surface area contributed by atoms with Crippen molar-refractivity contribution in [3.05, 3.63) is 0 Å². The van der Waals surface area contributed by atoms with Gasteiger partial charge < -0.3 is 9.84 Å². The van der Waals surface area contributed by atoms with Crippen LogP contribution in [0.1, 0.15) is 64.2 Å². The van der Waals surface area contributed by atoms with Crippen LogP contribution in [-0.2, 0) is 9.53 Å². The van der Waals surface area contributed by atoms with Crippen molar-refractivity contribution in [3.8, 4) is 0 Å². The highest BCUT2D eigenvalue weighted by atomic mass is 32.3. The van der Waals surface area contributed by atoms with Crippen molar-refractivity contribution in [2.45, 2.75) is 70.3 Å². The molecule has 0 aromatic heterocycles. The summed E-state index contributed by atoms with van der Waals surface area (Å²) in [6.45, 7) is 0.767. The maximum absolute atomic E-state index is 10.3. The van der Waals surface area contributed by atoms with E-state index in [9.17, 15) is 13.9 Å². The zero-order valence-electron chi connectivity index (χ0n) is 12.8. The molecule has 21 heavy (non-hydrogen) atoms. The van der Waals surface area contributed by atoms with E-state index in [1.807, 2.05) is 0 Å². The Morgan fingerprint density at radius 2 is 1.48 bits per heavy atom. The SMILES string of the molecule is O=C(O)CCCCCCCCCOC1CCS(O)(O)CC1. The van der Waals surface area contributed by atoms with Crippen LogP contribution in [0, 0.1) is 0 Å². The van der Waals surface area contributed by atoms with Crippen molar-refractivity contribution in [2.75, 3.05) is 18.1 Å². The van der Waals surface area contributed by atoms with Crippen molar-refractivity contribution in [3.63, 3.8) is 0 Å². The van der Waals surface area contributed by atoms with Gasteiger partial charge in [-0.2, -0.15) is 10.6 Å². The molecule has 0 aromatic carbocycles. The van der Waals surface area contributed by atoms with E-state index < -0.39 is 16.6 Å². The molecule has 1 saturated heterocycles. The first-order valence-electron chi connectivity index (χ1n) is 8.06. The highest BCUT2D eigenvalue weighted by Gasteiger charge is 2.24. The van der Waals surface area contributed by atoms with Crippen LogP contribution in [0.3, 0.4) is 0 Å². The van der Waals surface area contributed by atoms with E-state index in [0.717, 1.165) is 51.6 Å². The average molecular weight is 322 g/mol. The van der Waals surface area contributed by atoms with Gasteiger partial charge in [0, 0.05) is 24.5 Å². The topological polar surface area (TPSA) is 87.0 Å². The fraction of sp³-hybridized carbons (Fsp3) is 0.933. The predicted octanol–water partition coefficient (Wildman–Crippen LogP) is 4.12. The standard InChI is InChI=1S/C15H30O5S/c16-15(17)8-6-4-2-1-3-5-7-11-20-14-9-12-21(18,19)13-10-14/h14,18-19H,1-13H2,(H,16,17). The smallest absolute Gasteiger partial charge is 0.303 e. The van der Waals surface area contributed by atoms with E-state index in [2.05, 4.69) is 0 Å². The normalized spacial score (nSPS) is 20.3. The summed E-state index contributed by atoms with van der Waals surface area (Å²) in [5, 5.41) is 8.51. The molecule has 3 N–H and O–H groups in total. The minimum Gasteiger partial charge on any atom is -0.481 e. The van der Waals surface area contributed by atoms with Crippen LogP contribution >= 0.6 is 10.6 Å². The molecule has 0 saturated carbocycles. The number of aliphatic carboxylic acids is 1. The molecule has 0 radical (unpaired) electrons. The first-order valence-corrected chi connectivity index (χ1v) is 9.95. The molecule has 0 aromatic rings. The van der Waals surface area contributed by atoms with Crippen molar-refractivity contribution in [1.29, 1.82) is 0 Å². The first-order chi connectivity index (χ1) is 9.99. The van der Waals surface area contributed by atoms with Gasteiger partial charge in [-0.05, 0) is 25.7 Å². The lowest BCUT2D eigenvalue weighted by atomic mass is 10.1. The Hall–Kier alpha value is -0.300. The van der Waals surface area contributed by atoms with Gasteiger partial charge in [0.25, 0.3) is 0 Å². The Morgan fingerprint density at radius 3 is 2.05 bits per heavy atom. The van der Waals surface area contributed by atoms with Gasteiger partial charge in [-0.15, -0.1) is 0 Å². The van der Waals surface area contributed by atoms with Crippen molar-refractivity contribution >= 4 is 16.6 Å². The van der Waals surface area contributed by atoms with Gasteiger partial charge in [0.15, 0.2) is 0 Å². The molecule has 1 aliphatic heterocycles. The van der Waals surface area contributed by atoms with E-state index >= 15 is 0 Å². The highest BCUT2D eigenvalue weighted by molar-refractivity contribution is 8.24. The molecule has 0 aliphatic carbocycles. The zero-order valence-corrected chi connectivity index (χ0v) is 13.7. The summed E-state index contributed by atoms with van der Waals surface area (Å²) in [6, 6.07) is 0. The molecule has 1 aliphatic rings. The molecule has 1 fully saturated rings. The Bertz CT molecular complexity index is 286. The lowest BCUT2D eigenvalue weighted by Gasteiger charge is -2.39. The number of hydrogen-bond acceptors (Lipinski definition) is 4.